The molecule has 0 aliphatic carbocycles. The molecule has 0 heterocycles. The molecule has 0 radical (unpaired) electrons. The zero-order valence-corrected chi connectivity index (χ0v) is 18.6. The van der Waals surface area contributed by atoms with Crippen LogP contribution in [0.15, 0.2) is 36.4 Å². The Morgan fingerprint density at radius 3 is 2.55 bits per heavy atom. The van der Waals surface area contributed by atoms with Gasteiger partial charge in [0, 0.05) is 11.6 Å². The second-order valence-electron chi connectivity index (χ2n) is 7.36. The summed E-state index contributed by atoms with van der Waals surface area (Å²) in [5.41, 5.74) is 0.569. The fourth-order valence-corrected chi connectivity index (χ4v) is 3.60. The summed E-state index contributed by atoms with van der Waals surface area (Å²) in [6.07, 6.45) is 0.512. The molecular weight excluding hydrogens is 417 g/mol. The molecule has 0 bridgehead atoms. The summed E-state index contributed by atoms with van der Waals surface area (Å²) in [7, 11) is -0.104. The second-order valence-corrected chi connectivity index (χ2v) is 9.77. The molecule has 0 aliphatic heterocycles. The number of methoxy groups -OCH3 is 1. The number of esters is 1. The third kappa shape index (κ3) is 5.78. The summed E-state index contributed by atoms with van der Waals surface area (Å²) in [5.74, 6) is -1.10. The number of hydrogen-bond acceptors (Lipinski definition) is 4. The van der Waals surface area contributed by atoms with Crippen LogP contribution in [-0.4, -0.2) is 22.0 Å². The van der Waals surface area contributed by atoms with Crippen molar-refractivity contribution < 1.29 is 22.9 Å². The van der Waals surface area contributed by atoms with E-state index in [2.05, 4.69) is 9.46 Å². The first-order valence-electron chi connectivity index (χ1n) is 9.10. The summed E-state index contributed by atoms with van der Waals surface area (Å²) < 4.78 is 40.6. The molecule has 2 atom stereocenters. The van der Waals surface area contributed by atoms with Gasteiger partial charge in [-0.25, -0.2) is 18.1 Å². The third-order valence-corrected chi connectivity index (χ3v) is 6.05. The molecule has 0 fully saturated rings. The number of carbonyl (C=O) groups is 1. The van der Waals surface area contributed by atoms with Crippen molar-refractivity contribution in [2.24, 2.45) is 0 Å². The average molecular weight is 442 g/mol. The Morgan fingerprint density at radius 1 is 1.28 bits per heavy atom. The van der Waals surface area contributed by atoms with Gasteiger partial charge in [-0.1, -0.05) is 30.7 Å². The smallest absolute Gasteiger partial charge is 0.337 e. The maximum Gasteiger partial charge on any atom is 0.337 e. The topological polar surface area (TPSA) is 64.6 Å². The van der Waals surface area contributed by atoms with E-state index < -0.39 is 33.6 Å². The van der Waals surface area contributed by atoms with Crippen LogP contribution in [0.4, 0.5) is 4.39 Å². The van der Waals surface area contributed by atoms with Crippen LogP contribution in [0.2, 0.25) is 5.02 Å². The van der Waals surface area contributed by atoms with Gasteiger partial charge in [0.1, 0.15) is 5.75 Å². The van der Waals surface area contributed by atoms with Gasteiger partial charge >= 0.3 is 5.97 Å². The van der Waals surface area contributed by atoms with E-state index in [-0.39, 0.29) is 22.1 Å². The van der Waals surface area contributed by atoms with Crippen molar-refractivity contribution in [1.82, 2.24) is 4.72 Å². The molecule has 5 nitrogen and oxygen atoms in total. The van der Waals surface area contributed by atoms with Gasteiger partial charge in [-0.2, -0.15) is 0 Å². The van der Waals surface area contributed by atoms with Gasteiger partial charge in [-0.3, -0.25) is 0 Å². The van der Waals surface area contributed by atoms with Crippen molar-refractivity contribution in [1.29, 1.82) is 0 Å². The van der Waals surface area contributed by atoms with Crippen molar-refractivity contribution in [3.63, 3.8) is 0 Å². The lowest BCUT2D eigenvalue weighted by Crippen LogP contribution is -2.35. The van der Waals surface area contributed by atoms with E-state index in [0.29, 0.717) is 12.0 Å². The highest BCUT2D eigenvalue weighted by atomic mass is 35.5. The van der Waals surface area contributed by atoms with Gasteiger partial charge in [-0.05, 0) is 51.5 Å². The molecule has 0 saturated heterocycles. The van der Waals surface area contributed by atoms with Crippen LogP contribution < -0.4 is 9.46 Å². The van der Waals surface area contributed by atoms with E-state index in [4.69, 9.17) is 16.3 Å². The molecule has 158 valence electrons. The van der Waals surface area contributed by atoms with Crippen LogP contribution in [0.25, 0.3) is 0 Å². The van der Waals surface area contributed by atoms with Gasteiger partial charge in [0.05, 0.1) is 33.4 Å². The summed E-state index contributed by atoms with van der Waals surface area (Å²) in [5, 5.41) is 0.0847. The van der Waals surface area contributed by atoms with E-state index in [0.717, 1.165) is 0 Å². The molecule has 2 rings (SSSR count). The van der Waals surface area contributed by atoms with Crippen LogP contribution in [0, 0.1) is 5.82 Å². The molecule has 2 aromatic rings. The number of nitrogens with one attached hydrogen (secondary N) is 1. The number of rotatable bonds is 7. The lowest BCUT2D eigenvalue weighted by molar-refractivity contribution is 0.0600. The molecule has 0 aliphatic rings. The SMILES string of the molecule is CC[C@H](N[S@@](=O)C(C)(C)C)c1ccc(Cl)c(Oc2cccc(C(=O)OC)c2)c1F. The highest BCUT2D eigenvalue weighted by Gasteiger charge is 2.26. The van der Waals surface area contributed by atoms with Crippen molar-refractivity contribution in [3.8, 4) is 11.5 Å². The summed E-state index contributed by atoms with van der Waals surface area (Å²) in [4.78, 5) is 11.7. The molecule has 0 unspecified atom stereocenters. The minimum Gasteiger partial charge on any atom is -0.465 e. The van der Waals surface area contributed by atoms with E-state index in [1.807, 2.05) is 27.7 Å². The van der Waals surface area contributed by atoms with Crippen molar-refractivity contribution in [3.05, 3.63) is 58.4 Å². The lowest BCUT2D eigenvalue weighted by atomic mass is 10.0. The number of ether oxygens (including phenoxy) is 2. The average Bonchev–Trinajstić information content (AvgIpc) is 2.68. The quantitative estimate of drug-likeness (QED) is 0.571. The van der Waals surface area contributed by atoms with E-state index in [1.54, 1.807) is 24.3 Å². The van der Waals surface area contributed by atoms with Crippen LogP contribution in [0.5, 0.6) is 11.5 Å². The first-order chi connectivity index (χ1) is 13.6. The predicted molar refractivity (Wildman–Crippen MR) is 113 cm³/mol. The number of benzene rings is 2. The maximum atomic E-state index is 15.3. The summed E-state index contributed by atoms with van der Waals surface area (Å²) in [6.45, 7) is 7.38. The van der Waals surface area contributed by atoms with Crippen molar-refractivity contribution in [2.45, 2.75) is 44.9 Å². The molecule has 1 N–H and O–H groups in total. The Balaban J connectivity index is 2.38. The van der Waals surface area contributed by atoms with Gasteiger partial charge in [-0.15, -0.1) is 0 Å². The highest BCUT2D eigenvalue weighted by Crippen LogP contribution is 2.37. The molecular formula is C21H25ClFNO4S. The molecule has 2 aromatic carbocycles. The molecule has 0 amide bonds. The summed E-state index contributed by atoms with van der Waals surface area (Å²) in [6, 6.07) is 8.78. The fourth-order valence-electron chi connectivity index (χ4n) is 2.51. The zero-order valence-electron chi connectivity index (χ0n) is 17.0. The normalized spacial score (nSPS) is 13.6. The zero-order chi connectivity index (χ0) is 21.8. The van der Waals surface area contributed by atoms with Crippen LogP contribution in [0.1, 0.15) is 56.1 Å². The minimum atomic E-state index is -1.38. The fraction of sp³-hybridized carbons (Fsp3) is 0.381. The highest BCUT2D eigenvalue weighted by molar-refractivity contribution is 7.84. The Kier molecular flexibility index (Phi) is 7.80. The number of halogens is 2. The van der Waals surface area contributed by atoms with Crippen molar-refractivity contribution >= 4 is 28.6 Å². The number of carbonyl (C=O) groups excluding carboxylic acids is 1. The molecule has 0 saturated carbocycles. The van der Waals surface area contributed by atoms with Crippen molar-refractivity contribution in [2.75, 3.05) is 7.11 Å². The standard InChI is InChI=1S/C21H25ClFNO4S/c1-6-17(24-29(26)21(2,3)4)15-10-11-16(22)19(18(15)23)28-14-9-7-8-13(12-14)20(25)27-5/h7-12,17,24H,6H2,1-5H3/t17-,29-/m0/s1. The monoisotopic (exact) mass is 441 g/mol. The maximum absolute atomic E-state index is 15.3. The Hall–Kier alpha value is -1.96. The Bertz CT molecular complexity index is 914. The van der Waals surface area contributed by atoms with Gasteiger partial charge in [0.15, 0.2) is 11.6 Å². The Morgan fingerprint density at radius 2 is 1.97 bits per heavy atom. The Labute approximate surface area is 178 Å². The third-order valence-electron chi connectivity index (χ3n) is 4.14. The first kappa shape index (κ1) is 23.3. The predicted octanol–water partition coefficient (Wildman–Crippen LogP) is 5.56. The number of hydrogen-bond donors (Lipinski definition) is 1. The molecule has 8 heteroatoms. The van der Waals surface area contributed by atoms with E-state index in [1.165, 1.54) is 19.2 Å². The van der Waals surface area contributed by atoms with Gasteiger partial charge < -0.3 is 9.47 Å². The van der Waals surface area contributed by atoms with E-state index in [9.17, 15) is 9.00 Å². The molecule has 0 aromatic heterocycles. The van der Waals surface area contributed by atoms with Gasteiger partial charge in [0.25, 0.3) is 0 Å². The first-order valence-corrected chi connectivity index (χ1v) is 10.6. The van der Waals surface area contributed by atoms with Crippen LogP contribution >= 0.6 is 11.6 Å². The van der Waals surface area contributed by atoms with Crippen LogP contribution in [-0.2, 0) is 15.7 Å². The molecule has 0 spiro atoms. The van der Waals surface area contributed by atoms with Crippen LogP contribution in [0.3, 0.4) is 0 Å². The lowest BCUT2D eigenvalue weighted by Gasteiger charge is -2.24. The second kappa shape index (κ2) is 9.69. The largest absolute Gasteiger partial charge is 0.465 e. The van der Waals surface area contributed by atoms with E-state index >= 15 is 4.39 Å². The molecule has 29 heavy (non-hydrogen) atoms. The van der Waals surface area contributed by atoms with Gasteiger partial charge in [0.2, 0.25) is 0 Å². The summed E-state index contributed by atoms with van der Waals surface area (Å²) >= 11 is 6.17. The minimum absolute atomic E-state index is 0.0847.